The molecule has 9 heteroatoms. The van der Waals surface area contributed by atoms with Gasteiger partial charge in [0, 0.05) is 18.4 Å². The van der Waals surface area contributed by atoms with Crippen LogP contribution in [-0.2, 0) is 4.79 Å². The van der Waals surface area contributed by atoms with Crippen molar-refractivity contribution in [3.05, 3.63) is 86.1 Å². The van der Waals surface area contributed by atoms with Crippen molar-refractivity contribution in [2.24, 2.45) is 5.10 Å². The highest BCUT2D eigenvalue weighted by atomic mass is 16.5. The van der Waals surface area contributed by atoms with Gasteiger partial charge in [-0.1, -0.05) is 43.3 Å². The monoisotopic (exact) mass is 462 g/mol. The summed E-state index contributed by atoms with van der Waals surface area (Å²) in [5, 5.41) is 16.9. The van der Waals surface area contributed by atoms with Gasteiger partial charge in [-0.3, -0.25) is 14.6 Å². The lowest BCUT2D eigenvalue weighted by molar-refractivity contribution is -0.132. The van der Waals surface area contributed by atoms with E-state index in [0.717, 1.165) is 15.7 Å². The number of hydrazone groups is 1. The number of carbonyl (C=O) groups is 1. The van der Waals surface area contributed by atoms with E-state index in [-0.39, 0.29) is 30.0 Å². The number of amides is 1. The molecular formula is C25H26N4O5. The fourth-order valence-corrected chi connectivity index (χ4v) is 4.16. The molecule has 0 fully saturated rings. The van der Waals surface area contributed by atoms with Gasteiger partial charge in [-0.2, -0.15) is 5.10 Å². The van der Waals surface area contributed by atoms with Crippen LogP contribution in [0.5, 0.6) is 11.6 Å². The van der Waals surface area contributed by atoms with E-state index in [0.29, 0.717) is 18.0 Å². The molecule has 0 spiro atoms. The first kappa shape index (κ1) is 23.0. The molecule has 2 aromatic carbocycles. The van der Waals surface area contributed by atoms with E-state index in [1.54, 1.807) is 32.0 Å². The van der Waals surface area contributed by atoms with E-state index in [4.69, 9.17) is 4.74 Å². The molecule has 1 aromatic heterocycles. The first-order chi connectivity index (χ1) is 16.4. The highest BCUT2D eigenvalue weighted by molar-refractivity contribution is 6.04. The molecule has 0 unspecified atom stereocenters. The predicted molar refractivity (Wildman–Crippen MR) is 128 cm³/mol. The van der Waals surface area contributed by atoms with Crippen LogP contribution >= 0.6 is 0 Å². The fourth-order valence-electron chi connectivity index (χ4n) is 4.16. The smallest absolute Gasteiger partial charge is 0.335 e. The van der Waals surface area contributed by atoms with Crippen molar-refractivity contribution in [1.29, 1.82) is 0 Å². The maximum Gasteiger partial charge on any atom is 0.335 e. The minimum atomic E-state index is -0.770. The summed E-state index contributed by atoms with van der Waals surface area (Å²) in [5.41, 5.74) is 0.436. The van der Waals surface area contributed by atoms with Crippen molar-refractivity contribution in [3.63, 3.8) is 0 Å². The predicted octanol–water partition coefficient (Wildman–Crippen LogP) is 3.03. The van der Waals surface area contributed by atoms with Crippen LogP contribution in [0.4, 0.5) is 0 Å². The Balaban J connectivity index is 1.87. The quantitative estimate of drug-likeness (QED) is 0.584. The molecule has 0 radical (unpaired) electrons. The number of aromatic nitrogens is 2. The lowest BCUT2D eigenvalue weighted by atomic mass is 9.98. The topological polar surface area (TPSA) is 117 Å². The third-order valence-electron chi connectivity index (χ3n) is 5.78. The van der Waals surface area contributed by atoms with Crippen molar-refractivity contribution >= 4 is 11.6 Å². The maximum absolute atomic E-state index is 12.8. The van der Waals surface area contributed by atoms with Crippen molar-refractivity contribution < 1.29 is 14.6 Å². The Hall–Kier alpha value is -4.14. The van der Waals surface area contributed by atoms with Crippen molar-refractivity contribution in [3.8, 4) is 17.3 Å². The summed E-state index contributed by atoms with van der Waals surface area (Å²) in [7, 11) is 0. The average Bonchev–Trinajstić information content (AvgIpc) is 3.24. The van der Waals surface area contributed by atoms with Gasteiger partial charge in [0.1, 0.15) is 11.3 Å². The summed E-state index contributed by atoms with van der Waals surface area (Å²) in [6, 6.07) is 13.8. The molecule has 34 heavy (non-hydrogen) atoms. The number of carbonyl (C=O) groups excluding carboxylic acids is 1. The number of para-hydroxylation sites is 2. The molecule has 176 valence electrons. The van der Waals surface area contributed by atoms with E-state index in [1.807, 2.05) is 37.3 Å². The van der Waals surface area contributed by atoms with Crippen LogP contribution < -0.4 is 16.0 Å². The zero-order valence-corrected chi connectivity index (χ0v) is 19.2. The molecule has 1 aliphatic rings. The molecule has 3 aromatic rings. The molecule has 1 aliphatic heterocycles. The van der Waals surface area contributed by atoms with Gasteiger partial charge in [-0.15, -0.1) is 0 Å². The summed E-state index contributed by atoms with van der Waals surface area (Å²) in [5.74, 6) is -0.151. The van der Waals surface area contributed by atoms with Crippen molar-refractivity contribution in [1.82, 2.24) is 14.6 Å². The van der Waals surface area contributed by atoms with Gasteiger partial charge in [0.05, 0.1) is 24.0 Å². The Bertz CT molecular complexity index is 1390. The summed E-state index contributed by atoms with van der Waals surface area (Å²) in [6.45, 7) is 5.83. The number of hydrogen-bond donors (Lipinski definition) is 2. The molecule has 0 saturated heterocycles. The van der Waals surface area contributed by atoms with Gasteiger partial charge in [0.15, 0.2) is 0 Å². The Kier molecular flexibility index (Phi) is 6.36. The molecule has 0 saturated carbocycles. The van der Waals surface area contributed by atoms with Crippen LogP contribution in [0.2, 0.25) is 0 Å². The minimum absolute atomic E-state index is 0.145. The van der Waals surface area contributed by atoms with Gasteiger partial charge in [0.25, 0.3) is 5.56 Å². The van der Waals surface area contributed by atoms with Crippen molar-refractivity contribution in [2.75, 3.05) is 6.61 Å². The van der Waals surface area contributed by atoms with E-state index in [2.05, 4.69) is 10.1 Å². The SMILES string of the molecule is CCOc1ccccc1[C@@H]1CC(c2c(O)n(-c3ccccc3C)c(=O)[nH]c2=O)=NN1C(=O)CC. The fraction of sp³-hybridized carbons (Fsp3) is 0.280. The molecule has 2 N–H and O–H groups in total. The number of nitrogens with one attached hydrogen (secondary N) is 1. The van der Waals surface area contributed by atoms with Gasteiger partial charge in [-0.25, -0.2) is 14.4 Å². The normalized spacial score (nSPS) is 15.3. The number of aryl methyl sites for hydroxylation is 1. The van der Waals surface area contributed by atoms with Gasteiger partial charge < -0.3 is 9.84 Å². The molecule has 9 nitrogen and oxygen atoms in total. The van der Waals surface area contributed by atoms with E-state index in [1.165, 1.54) is 5.01 Å². The Morgan fingerprint density at radius 2 is 1.85 bits per heavy atom. The second kappa shape index (κ2) is 9.38. The zero-order chi connectivity index (χ0) is 24.4. The lowest BCUT2D eigenvalue weighted by Crippen LogP contribution is -2.33. The van der Waals surface area contributed by atoms with Crippen LogP contribution in [-0.4, -0.2) is 37.9 Å². The number of benzene rings is 2. The number of aromatic amines is 1. The first-order valence-electron chi connectivity index (χ1n) is 11.1. The summed E-state index contributed by atoms with van der Waals surface area (Å²) < 4.78 is 6.80. The number of ether oxygens (including phenoxy) is 1. The maximum atomic E-state index is 12.8. The molecule has 1 atom stereocenters. The molecular weight excluding hydrogens is 436 g/mol. The second-order valence-electron chi connectivity index (χ2n) is 7.91. The van der Waals surface area contributed by atoms with Crippen LogP contribution in [0.25, 0.3) is 5.69 Å². The largest absolute Gasteiger partial charge is 0.494 e. The number of nitrogens with zero attached hydrogens (tertiary/aromatic N) is 3. The molecule has 1 amide bonds. The van der Waals surface area contributed by atoms with E-state index >= 15 is 0 Å². The number of hydrogen-bond acceptors (Lipinski definition) is 6. The van der Waals surface area contributed by atoms with Crippen molar-refractivity contribution in [2.45, 2.75) is 39.7 Å². The standard InChI is InChI=1S/C25H26N4O5/c1-4-21(30)29-19(16-11-7-9-13-20(16)34-5-2)14-17(27-29)22-23(31)26-25(33)28(24(22)32)18-12-8-6-10-15(18)3/h6-13,19,32H,4-5,14H2,1-3H3,(H,26,31,33)/t19-/m0/s1. The summed E-state index contributed by atoms with van der Waals surface area (Å²) in [6.07, 6.45) is 0.369. The summed E-state index contributed by atoms with van der Waals surface area (Å²) >= 11 is 0. The van der Waals surface area contributed by atoms with Gasteiger partial charge in [0.2, 0.25) is 11.8 Å². The highest BCUT2D eigenvalue weighted by Crippen LogP contribution is 2.38. The molecule has 0 aliphatic carbocycles. The molecule has 0 bridgehead atoms. The highest BCUT2D eigenvalue weighted by Gasteiger charge is 2.36. The van der Waals surface area contributed by atoms with Gasteiger partial charge in [-0.05, 0) is 31.5 Å². The average molecular weight is 463 g/mol. The Morgan fingerprint density at radius 3 is 2.56 bits per heavy atom. The van der Waals surface area contributed by atoms with Crippen LogP contribution in [0, 0.1) is 6.92 Å². The lowest BCUT2D eigenvalue weighted by Gasteiger charge is -2.23. The number of rotatable bonds is 6. The number of aromatic hydroxyl groups is 1. The first-order valence-corrected chi connectivity index (χ1v) is 11.1. The summed E-state index contributed by atoms with van der Waals surface area (Å²) in [4.78, 5) is 40.5. The third kappa shape index (κ3) is 4.00. The van der Waals surface area contributed by atoms with E-state index in [9.17, 15) is 19.5 Å². The van der Waals surface area contributed by atoms with Crippen LogP contribution in [0.3, 0.4) is 0 Å². The Morgan fingerprint density at radius 1 is 1.15 bits per heavy atom. The minimum Gasteiger partial charge on any atom is -0.494 e. The zero-order valence-electron chi connectivity index (χ0n) is 19.2. The van der Waals surface area contributed by atoms with Crippen LogP contribution in [0.15, 0.2) is 63.2 Å². The molecule has 4 rings (SSSR count). The number of H-pyrrole nitrogens is 1. The third-order valence-corrected chi connectivity index (χ3v) is 5.78. The second-order valence-corrected chi connectivity index (χ2v) is 7.91. The van der Waals surface area contributed by atoms with Gasteiger partial charge >= 0.3 is 5.69 Å². The van der Waals surface area contributed by atoms with Crippen LogP contribution in [0.1, 0.15) is 49.4 Å². The van der Waals surface area contributed by atoms with E-state index < -0.39 is 23.2 Å². The molecule has 2 heterocycles. The Labute approximate surface area is 195 Å².